The van der Waals surface area contributed by atoms with Gasteiger partial charge in [-0.25, -0.2) is 4.98 Å². The van der Waals surface area contributed by atoms with Crippen LogP contribution >= 0.6 is 0 Å². The van der Waals surface area contributed by atoms with Crippen LogP contribution in [0.4, 0.5) is 0 Å². The molecule has 2 heterocycles. The molecule has 0 aliphatic heterocycles. The Morgan fingerprint density at radius 3 is 2.41 bits per heavy atom. The first kappa shape index (κ1) is 20.2. The molecule has 0 unspecified atom stereocenters. The summed E-state index contributed by atoms with van der Waals surface area (Å²) in [6.07, 6.45) is 1.95. The van der Waals surface area contributed by atoms with Crippen molar-refractivity contribution in [3.8, 4) is 0 Å². The first-order chi connectivity index (χ1) is 16.7. The van der Waals surface area contributed by atoms with Crippen molar-refractivity contribution in [2.75, 3.05) is 0 Å². The smallest absolute Gasteiger partial charge is 0.196 e. The highest BCUT2D eigenvalue weighted by atomic mass is 16.1. The van der Waals surface area contributed by atoms with Gasteiger partial charge in [-0.3, -0.25) is 4.79 Å². The lowest BCUT2D eigenvalue weighted by Crippen LogP contribution is -2.04. The second-order valence-electron chi connectivity index (χ2n) is 8.39. The van der Waals surface area contributed by atoms with Crippen LogP contribution in [0, 0.1) is 0 Å². The number of ketones is 1. The number of hydrogen-bond donors (Lipinski definition) is 1. The average molecular weight is 442 g/mol. The Hall–Kier alpha value is -4.44. The summed E-state index contributed by atoms with van der Waals surface area (Å²) in [7, 11) is 0. The Bertz CT molecular complexity index is 1670. The number of aryl methyl sites for hydroxylation is 1. The standard InChI is InChI=1S/C30H23N3O/c1-2-33-27-15-9-6-12-22(27)23-18-20(16-17-28(23)33)19-24(29(34)21-10-4-3-5-11-21)30-31-25-13-7-8-14-26(25)32-30/h3-19H,2H2,1H3,(H,31,32)/b24-19-. The van der Waals surface area contributed by atoms with Gasteiger partial charge in [-0.05, 0) is 48.9 Å². The third-order valence-electron chi connectivity index (χ3n) is 6.35. The summed E-state index contributed by atoms with van der Waals surface area (Å²) in [5.74, 6) is 0.516. The van der Waals surface area contributed by atoms with Crippen molar-refractivity contribution < 1.29 is 4.79 Å². The SMILES string of the molecule is CCn1c2ccccc2c2cc(/C=C(/C(=O)c3ccccc3)c3nc4ccccc4[nH]3)ccc21. The van der Waals surface area contributed by atoms with Crippen molar-refractivity contribution in [3.05, 3.63) is 114 Å². The zero-order valence-electron chi connectivity index (χ0n) is 18.8. The van der Waals surface area contributed by atoms with Gasteiger partial charge in [0.1, 0.15) is 5.82 Å². The number of carbonyl (C=O) groups is 1. The third kappa shape index (κ3) is 3.32. The number of aromatic amines is 1. The fourth-order valence-corrected chi connectivity index (χ4v) is 4.74. The lowest BCUT2D eigenvalue weighted by atomic mass is 9.99. The summed E-state index contributed by atoms with van der Waals surface area (Å²) in [5.41, 5.74) is 6.31. The van der Waals surface area contributed by atoms with E-state index in [9.17, 15) is 4.79 Å². The number of para-hydroxylation sites is 3. The van der Waals surface area contributed by atoms with Crippen molar-refractivity contribution >= 4 is 50.3 Å². The van der Waals surface area contributed by atoms with E-state index in [-0.39, 0.29) is 5.78 Å². The van der Waals surface area contributed by atoms with Gasteiger partial charge in [0, 0.05) is 33.9 Å². The molecule has 164 valence electrons. The molecule has 0 amide bonds. The van der Waals surface area contributed by atoms with Crippen LogP contribution in [-0.2, 0) is 6.54 Å². The second kappa shape index (κ2) is 8.16. The van der Waals surface area contributed by atoms with E-state index in [4.69, 9.17) is 4.98 Å². The molecule has 6 rings (SSSR count). The molecule has 4 aromatic carbocycles. The van der Waals surface area contributed by atoms with Crippen LogP contribution in [0.15, 0.2) is 97.1 Å². The molecule has 0 saturated heterocycles. The van der Waals surface area contributed by atoms with Crippen molar-refractivity contribution in [2.45, 2.75) is 13.5 Å². The lowest BCUT2D eigenvalue weighted by Gasteiger charge is -2.06. The number of H-pyrrole nitrogens is 1. The fraction of sp³-hybridized carbons (Fsp3) is 0.0667. The molecule has 1 N–H and O–H groups in total. The maximum absolute atomic E-state index is 13.6. The van der Waals surface area contributed by atoms with Crippen LogP contribution in [0.5, 0.6) is 0 Å². The number of carbonyl (C=O) groups excluding carboxylic acids is 1. The van der Waals surface area contributed by atoms with Crippen LogP contribution in [0.3, 0.4) is 0 Å². The van der Waals surface area contributed by atoms with Crippen LogP contribution in [0.2, 0.25) is 0 Å². The lowest BCUT2D eigenvalue weighted by molar-refractivity contribution is 0.105. The topological polar surface area (TPSA) is 50.7 Å². The largest absolute Gasteiger partial charge is 0.341 e. The molecule has 0 atom stereocenters. The molecule has 0 bridgehead atoms. The van der Waals surface area contributed by atoms with Gasteiger partial charge >= 0.3 is 0 Å². The zero-order valence-corrected chi connectivity index (χ0v) is 18.8. The Balaban J connectivity index is 1.56. The average Bonchev–Trinajstić information content (AvgIpc) is 3.46. The minimum absolute atomic E-state index is 0.0595. The van der Waals surface area contributed by atoms with Gasteiger partial charge in [-0.15, -0.1) is 0 Å². The Labute approximate surface area is 197 Å². The van der Waals surface area contributed by atoms with Crippen LogP contribution in [0.1, 0.15) is 28.7 Å². The Morgan fingerprint density at radius 2 is 1.59 bits per heavy atom. The molecule has 0 fully saturated rings. The summed E-state index contributed by atoms with van der Waals surface area (Å²) in [6.45, 7) is 3.06. The monoisotopic (exact) mass is 441 g/mol. The van der Waals surface area contributed by atoms with Crippen LogP contribution < -0.4 is 0 Å². The number of imidazole rings is 1. The second-order valence-corrected chi connectivity index (χ2v) is 8.39. The molecule has 34 heavy (non-hydrogen) atoms. The number of Topliss-reactive ketones (excluding diaryl/α,β-unsaturated/α-hetero) is 1. The normalized spacial score (nSPS) is 12.1. The predicted molar refractivity (Wildman–Crippen MR) is 140 cm³/mol. The first-order valence-electron chi connectivity index (χ1n) is 11.5. The van der Waals surface area contributed by atoms with E-state index in [1.165, 1.54) is 21.8 Å². The van der Waals surface area contributed by atoms with E-state index >= 15 is 0 Å². The summed E-state index contributed by atoms with van der Waals surface area (Å²) in [5, 5.41) is 2.40. The zero-order chi connectivity index (χ0) is 23.1. The molecule has 2 aromatic heterocycles. The highest BCUT2D eigenvalue weighted by Gasteiger charge is 2.18. The quantitative estimate of drug-likeness (QED) is 0.229. The molecule has 0 aliphatic carbocycles. The van der Waals surface area contributed by atoms with Gasteiger partial charge in [0.25, 0.3) is 0 Å². The van der Waals surface area contributed by atoms with Gasteiger partial charge < -0.3 is 9.55 Å². The minimum atomic E-state index is -0.0595. The van der Waals surface area contributed by atoms with Crippen molar-refractivity contribution in [3.63, 3.8) is 0 Å². The summed E-state index contributed by atoms with van der Waals surface area (Å²) >= 11 is 0. The molecule has 4 nitrogen and oxygen atoms in total. The van der Waals surface area contributed by atoms with Crippen LogP contribution in [-0.4, -0.2) is 20.3 Å². The van der Waals surface area contributed by atoms with E-state index in [2.05, 4.69) is 58.9 Å². The van der Waals surface area contributed by atoms with E-state index in [0.717, 1.165) is 23.1 Å². The molecular formula is C30H23N3O. The van der Waals surface area contributed by atoms with E-state index in [1.54, 1.807) is 0 Å². The van der Waals surface area contributed by atoms with Gasteiger partial charge in [-0.2, -0.15) is 0 Å². The number of nitrogens with zero attached hydrogens (tertiary/aromatic N) is 2. The maximum atomic E-state index is 13.6. The number of nitrogens with one attached hydrogen (secondary N) is 1. The summed E-state index contributed by atoms with van der Waals surface area (Å²) in [6, 6.07) is 32.1. The first-order valence-corrected chi connectivity index (χ1v) is 11.5. The Kier molecular flexibility index (Phi) is 4.84. The number of benzene rings is 4. The predicted octanol–water partition coefficient (Wildman–Crippen LogP) is 7.11. The number of allylic oxidation sites excluding steroid dienone is 1. The molecule has 0 spiro atoms. The summed E-state index contributed by atoms with van der Waals surface area (Å²) in [4.78, 5) is 21.7. The molecule has 0 radical (unpaired) electrons. The van der Waals surface area contributed by atoms with Crippen molar-refractivity contribution in [2.24, 2.45) is 0 Å². The van der Waals surface area contributed by atoms with E-state index < -0.39 is 0 Å². The highest BCUT2D eigenvalue weighted by Crippen LogP contribution is 2.31. The van der Waals surface area contributed by atoms with Gasteiger partial charge in [0.2, 0.25) is 0 Å². The molecule has 4 heteroatoms. The number of aromatic nitrogens is 3. The van der Waals surface area contributed by atoms with E-state index in [1.807, 2.05) is 60.7 Å². The van der Waals surface area contributed by atoms with Gasteiger partial charge in [0.15, 0.2) is 5.78 Å². The molecule has 0 saturated carbocycles. The van der Waals surface area contributed by atoms with E-state index in [0.29, 0.717) is 17.0 Å². The molecule has 6 aromatic rings. The number of rotatable bonds is 5. The third-order valence-corrected chi connectivity index (χ3v) is 6.35. The Morgan fingerprint density at radius 1 is 0.853 bits per heavy atom. The molecule has 0 aliphatic rings. The number of hydrogen-bond acceptors (Lipinski definition) is 2. The highest BCUT2D eigenvalue weighted by molar-refractivity contribution is 6.32. The summed E-state index contributed by atoms with van der Waals surface area (Å²) < 4.78 is 2.33. The maximum Gasteiger partial charge on any atom is 0.196 e. The number of fused-ring (bicyclic) bond motifs is 4. The van der Waals surface area contributed by atoms with Crippen molar-refractivity contribution in [1.29, 1.82) is 0 Å². The minimum Gasteiger partial charge on any atom is -0.341 e. The van der Waals surface area contributed by atoms with Crippen molar-refractivity contribution in [1.82, 2.24) is 14.5 Å². The van der Waals surface area contributed by atoms with Crippen LogP contribution in [0.25, 0.3) is 44.5 Å². The van der Waals surface area contributed by atoms with Gasteiger partial charge in [0.05, 0.1) is 16.6 Å². The van der Waals surface area contributed by atoms with Gasteiger partial charge in [-0.1, -0.05) is 66.7 Å². The fourth-order valence-electron chi connectivity index (χ4n) is 4.74. The molecular weight excluding hydrogens is 418 g/mol.